The topological polar surface area (TPSA) is 72.7 Å². The molecule has 0 saturated heterocycles. The number of tetrazole rings is 1. The summed E-state index contributed by atoms with van der Waals surface area (Å²) in [5.41, 5.74) is 1.99. The zero-order valence-corrected chi connectivity index (χ0v) is 13.0. The largest absolute Gasteiger partial charge is 0.344 e. The molecular weight excluding hydrogens is 322 g/mol. The first-order valence-electron chi connectivity index (χ1n) is 6.50. The highest BCUT2D eigenvalue weighted by molar-refractivity contribution is 7.08. The number of benzene rings is 1. The molecule has 2 aromatic heterocycles. The molecule has 1 atom stereocenters. The van der Waals surface area contributed by atoms with E-state index in [1.54, 1.807) is 11.3 Å². The number of thiophene rings is 1. The zero-order chi connectivity index (χ0) is 15.4. The summed E-state index contributed by atoms with van der Waals surface area (Å²) in [5.74, 6) is -0.168. The van der Waals surface area contributed by atoms with Gasteiger partial charge in [-0.3, -0.25) is 4.79 Å². The molecule has 0 unspecified atom stereocenters. The van der Waals surface area contributed by atoms with E-state index in [9.17, 15) is 4.79 Å². The Bertz CT molecular complexity index is 727. The number of amides is 1. The fourth-order valence-electron chi connectivity index (χ4n) is 2.06. The van der Waals surface area contributed by atoms with Crippen LogP contribution in [0, 0.1) is 0 Å². The fourth-order valence-corrected chi connectivity index (χ4v) is 2.87. The summed E-state index contributed by atoms with van der Waals surface area (Å²) in [6.45, 7) is 0.0707. The van der Waals surface area contributed by atoms with Gasteiger partial charge in [0, 0.05) is 5.02 Å². The summed E-state index contributed by atoms with van der Waals surface area (Å²) in [6, 6.07) is 9.19. The molecule has 0 radical (unpaired) electrons. The summed E-state index contributed by atoms with van der Waals surface area (Å²) >= 11 is 7.51. The first-order chi connectivity index (χ1) is 10.7. The van der Waals surface area contributed by atoms with Crippen molar-refractivity contribution in [3.8, 4) is 0 Å². The zero-order valence-electron chi connectivity index (χ0n) is 11.4. The van der Waals surface area contributed by atoms with Crippen LogP contribution in [-0.4, -0.2) is 26.1 Å². The van der Waals surface area contributed by atoms with Crippen molar-refractivity contribution in [2.45, 2.75) is 12.6 Å². The first kappa shape index (κ1) is 14.7. The summed E-state index contributed by atoms with van der Waals surface area (Å²) in [5, 5.41) is 18.4. The van der Waals surface area contributed by atoms with Crippen LogP contribution in [0.15, 0.2) is 47.4 Å². The average molecular weight is 334 g/mol. The Kier molecular flexibility index (Phi) is 4.45. The highest BCUT2D eigenvalue weighted by atomic mass is 35.5. The minimum atomic E-state index is -0.229. The van der Waals surface area contributed by atoms with Gasteiger partial charge in [0.25, 0.3) is 0 Å². The van der Waals surface area contributed by atoms with E-state index in [1.165, 1.54) is 11.0 Å². The van der Waals surface area contributed by atoms with Crippen molar-refractivity contribution in [1.82, 2.24) is 25.5 Å². The number of hydrogen-bond acceptors (Lipinski definition) is 5. The van der Waals surface area contributed by atoms with E-state index in [0.717, 1.165) is 11.1 Å². The molecular formula is C14H12ClN5OS. The Morgan fingerprint density at radius 3 is 2.73 bits per heavy atom. The lowest BCUT2D eigenvalue weighted by Gasteiger charge is -2.18. The molecule has 0 aliphatic carbocycles. The summed E-state index contributed by atoms with van der Waals surface area (Å²) in [6.07, 6.45) is 1.40. The molecule has 6 nitrogen and oxygen atoms in total. The van der Waals surface area contributed by atoms with Gasteiger partial charge in [-0.1, -0.05) is 23.7 Å². The van der Waals surface area contributed by atoms with Crippen molar-refractivity contribution in [1.29, 1.82) is 0 Å². The molecule has 22 heavy (non-hydrogen) atoms. The number of carbonyl (C=O) groups is 1. The third-order valence-electron chi connectivity index (χ3n) is 3.08. The SMILES string of the molecule is O=C(Cn1cnnn1)N[C@@H](c1ccc(Cl)cc1)c1ccsc1. The summed E-state index contributed by atoms with van der Waals surface area (Å²) in [7, 11) is 0. The quantitative estimate of drug-likeness (QED) is 0.777. The number of hydrogen-bond donors (Lipinski definition) is 1. The van der Waals surface area contributed by atoms with Crippen LogP contribution in [0.25, 0.3) is 0 Å². The smallest absolute Gasteiger partial charge is 0.242 e. The van der Waals surface area contributed by atoms with Crippen LogP contribution in [-0.2, 0) is 11.3 Å². The lowest BCUT2D eigenvalue weighted by atomic mass is 10.0. The maximum Gasteiger partial charge on any atom is 0.242 e. The van der Waals surface area contributed by atoms with Gasteiger partial charge in [0.1, 0.15) is 12.9 Å². The van der Waals surface area contributed by atoms with Gasteiger partial charge in [-0.25, -0.2) is 4.68 Å². The van der Waals surface area contributed by atoms with Crippen molar-refractivity contribution in [3.63, 3.8) is 0 Å². The van der Waals surface area contributed by atoms with E-state index in [4.69, 9.17) is 11.6 Å². The number of halogens is 1. The number of carbonyl (C=O) groups excluding carboxylic acids is 1. The Morgan fingerprint density at radius 2 is 2.09 bits per heavy atom. The molecule has 3 rings (SSSR count). The van der Waals surface area contributed by atoms with Gasteiger partial charge < -0.3 is 5.32 Å². The number of rotatable bonds is 5. The molecule has 2 heterocycles. The van der Waals surface area contributed by atoms with E-state index in [1.807, 2.05) is 41.1 Å². The predicted molar refractivity (Wildman–Crippen MR) is 83.6 cm³/mol. The van der Waals surface area contributed by atoms with Crippen molar-refractivity contribution >= 4 is 28.8 Å². The lowest BCUT2D eigenvalue weighted by Crippen LogP contribution is -2.32. The summed E-state index contributed by atoms with van der Waals surface area (Å²) < 4.78 is 1.38. The molecule has 1 aromatic carbocycles. The molecule has 112 valence electrons. The molecule has 0 bridgehead atoms. The van der Waals surface area contributed by atoms with Crippen LogP contribution in [0.4, 0.5) is 0 Å². The van der Waals surface area contributed by atoms with Crippen LogP contribution >= 0.6 is 22.9 Å². The van der Waals surface area contributed by atoms with Crippen molar-refractivity contribution < 1.29 is 4.79 Å². The molecule has 0 saturated carbocycles. The van der Waals surface area contributed by atoms with Crippen LogP contribution in [0.1, 0.15) is 17.2 Å². The van der Waals surface area contributed by atoms with Crippen LogP contribution in [0.3, 0.4) is 0 Å². The summed E-state index contributed by atoms with van der Waals surface area (Å²) in [4.78, 5) is 12.2. The lowest BCUT2D eigenvalue weighted by molar-refractivity contribution is -0.122. The monoisotopic (exact) mass is 333 g/mol. The molecule has 8 heteroatoms. The number of nitrogens with zero attached hydrogens (tertiary/aromatic N) is 4. The molecule has 0 aliphatic heterocycles. The fraction of sp³-hybridized carbons (Fsp3) is 0.143. The minimum Gasteiger partial charge on any atom is -0.344 e. The van der Waals surface area contributed by atoms with E-state index in [0.29, 0.717) is 5.02 Å². The third-order valence-corrected chi connectivity index (χ3v) is 4.04. The van der Waals surface area contributed by atoms with Gasteiger partial charge >= 0.3 is 0 Å². The Balaban J connectivity index is 1.80. The molecule has 0 spiro atoms. The first-order valence-corrected chi connectivity index (χ1v) is 7.82. The number of nitrogens with one attached hydrogen (secondary N) is 1. The van der Waals surface area contributed by atoms with Crippen molar-refractivity contribution in [2.24, 2.45) is 0 Å². The van der Waals surface area contributed by atoms with Gasteiger partial charge in [-0.2, -0.15) is 11.3 Å². The highest BCUT2D eigenvalue weighted by Crippen LogP contribution is 2.25. The van der Waals surface area contributed by atoms with Gasteiger partial charge in [-0.15, -0.1) is 5.10 Å². The normalized spacial score (nSPS) is 12.0. The van der Waals surface area contributed by atoms with Crippen LogP contribution in [0.5, 0.6) is 0 Å². The molecule has 3 aromatic rings. The van der Waals surface area contributed by atoms with Crippen LogP contribution in [0.2, 0.25) is 5.02 Å². The molecule has 1 amide bonds. The van der Waals surface area contributed by atoms with Crippen molar-refractivity contribution in [3.05, 3.63) is 63.6 Å². The van der Waals surface area contributed by atoms with E-state index in [-0.39, 0.29) is 18.5 Å². The molecule has 0 aliphatic rings. The van der Waals surface area contributed by atoms with E-state index >= 15 is 0 Å². The Morgan fingerprint density at radius 1 is 1.27 bits per heavy atom. The molecule has 0 fully saturated rings. The minimum absolute atomic E-state index is 0.0707. The second-order valence-corrected chi connectivity index (χ2v) is 5.83. The number of aromatic nitrogens is 4. The van der Waals surface area contributed by atoms with E-state index in [2.05, 4.69) is 20.8 Å². The standard InChI is InChI=1S/C14H12ClN5OS/c15-12-3-1-10(2-4-12)14(11-5-6-22-8-11)17-13(21)7-20-9-16-18-19-20/h1-6,8-9,14H,7H2,(H,17,21)/t14-/m0/s1. The van der Waals surface area contributed by atoms with Gasteiger partial charge in [0.05, 0.1) is 6.04 Å². The van der Waals surface area contributed by atoms with E-state index < -0.39 is 0 Å². The van der Waals surface area contributed by atoms with Gasteiger partial charge in [-0.05, 0) is 50.5 Å². The third kappa shape index (κ3) is 3.49. The van der Waals surface area contributed by atoms with Gasteiger partial charge in [0.15, 0.2) is 0 Å². The maximum atomic E-state index is 12.2. The highest BCUT2D eigenvalue weighted by Gasteiger charge is 2.17. The predicted octanol–water partition coefficient (Wildman–Crippen LogP) is 2.29. The van der Waals surface area contributed by atoms with Crippen LogP contribution < -0.4 is 5.32 Å². The Hall–Kier alpha value is -2.25. The van der Waals surface area contributed by atoms with Gasteiger partial charge in [0.2, 0.25) is 5.91 Å². The molecule has 1 N–H and O–H groups in total. The maximum absolute atomic E-state index is 12.2. The average Bonchev–Trinajstić information content (AvgIpc) is 3.19. The second-order valence-electron chi connectivity index (χ2n) is 4.62. The second kappa shape index (κ2) is 6.67. The van der Waals surface area contributed by atoms with Crippen molar-refractivity contribution in [2.75, 3.05) is 0 Å². The Labute approximate surface area is 135 Å².